The van der Waals surface area contributed by atoms with Gasteiger partial charge in [0.2, 0.25) is 0 Å². The standard InChI is InChI=1S/C17H10O2/c18-14-9-10-5-1-2-7-12-11-6-3-4-8-13(11)17(19)16(14)15(10)12/h1-9,18H. The molecule has 1 N–H and O–H groups in total. The predicted molar refractivity (Wildman–Crippen MR) is 78.1 cm³/mol. The highest BCUT2D eigenvalue weighted by Crippen LogP contribution is 2.36. The van der Waals surface area contributed by atoms with Crippen molar-refractivity contribution in [2.24, 2.45) is 0 Å². The molecule has 4 aromatic rings. The van der Waals surface area contributed by atoms with Crippen molar-refractivity contribution in [2.75, 3.05) is 0 Å². The van der Waals surface area contributed by atoms with E-state index < -0.39 is 0 Å². The van der Waals surface area contributed by atoms with E-state index in [1.165, 1.54) is 0 Å². The first kappa shape index (κ1) is 10.3. The van der Waals surface area contributed by atoms with Crippen molar-refractivity contribution < 1.29 is 5.11 Å². The fourth-order valence-corrected chi connectivity index (χ4v) is 2.88. The first-order valence-corrected chi connectivity index (χ1v) is 6.16. The van der Waals surface area contributed by atoms with E-state index in [0.717, 1.165) is 21.5 Å². The van der Waals surface area contributed by atoms with Crippen LogP contribution >= 0.6 is 0 Å². The summed E-state index contributed by atoms with van der Waals surface area (Å²) in [5.74, 6) is 0.0713. The highest BCUT2D eigenvalue weighted by atomic mass is 16.3. The van der Waals surface area contributed by atoms with E-state index in [1.807, 2.05) is 48.5 Å². The average Bonchev–Trinajstić information content (AvgIpc) is 2.62. The van der Waals surface area contributed by atoms with Gasteiger partial charge in [-0.2, -0.15) is 0 Å². The van der Waals surface area contributed by atoms with Crippen LogP contribution in [0.4, 0.5) is 0 Å². The van der Waals surface area contributed by atoms with Crippen molar-refractivity contribution in [3.05, 3.63) is 64.8 Å². The van der Waals surface area contributed by atoms with Gasteiger partial charge in [-0.3, -0.25) is 4.79 Å². The van der Waals surface area contributed by atoms with Crippen LogP contribution in [-0.4, -0.2) is 5.11 Å². The fourth-order valence-electron chi connectivity index (χ4n) is 2.88. The summed E-state index contributed by atoms with van der Waals surface area (Å²) in [5, 5.41) is 14.8. The van der Waals surface area contributed by atoms with Crippen LogP contribution < -0.4 is 5.43 Å². The Morgan fingerprint density at radius 2 is 1.37 bits per heavy atom. The molecule has 90 valence electrons. The highest BCUT2D eigenvalue weighted by Gasteiger charge is 2.15. The first-order chi connectivity index (χ1) is 9.27. The van der Waals surface area contributed by atoms with E-state index in [2.05, 4.69) is 0 Å². The number of rotatable bonds is 0. The van der Waals surface area contributed by atoms with Gasteiger partial charge in [0.25, 0.3) is 0 Å². The molecule has 2 nitrogen and oxygen atoms in total. The van der Waals surface area contributed by atoms with Crippen LogP contribution in [-0.2, 0) is 0 Å². The third-order valence-corrected chi connectivity index (χ3v) is 3.70. The molecule has 0 aliphatic carbocycles. The maximum absolute atomic E-state index is 12.5. The minimum atomic E-state index is -0.0956. The van der Waals surface area contributed by atoms with Crippen LogP contribution in [0.15, 0.2) is 59.4 Å². The summed E-state index contributed by atoms with van der Waals surface area (Å²) in [5.41, 5.74) is -0.0956. The molecule has 0 fully saturated rings. The molecule has 0 unspecified atom stereocenters. The zero-order chi connectivity index (χ0) is 13.0. The number of hydrogen-bond donors (Lipinski definition) is 1. The molecule has 0 saturated heterocycles. The second-order valence-electron chi connectivity index (χ2n) is 4.74. The summed E-state index contributed by atoms with van der Waals surface area (Å²) < 4.78 is 0. The Labute approximate surface area is 108 Å². The van der Waals surface area contributed by atoms with Gasteiger partial charge in [0.15, 0.2) is 5.43 Å². The van der Waals surface area contributed by atoms with Gasteiger partial charge in [-0.15, -0.1) is 0 Å². The van der Waals surface area contributed by atoms with Crippen molar-refractivity contribution in [3.8, 4) is 5.75 Å². The topological polar surface area (TPSA) is 37.3 Å². The molecule has 4 aromatic carbocycles. The van der Waals surface area contributed by atoms with Gasteiger partial charge in [0, 0.05) is 10.8 Å². The van der Waals surface area contributed by atoms with Crippen molar-refractivity contribution in [1.29, 1.82) is 0 Å². The van der Waals surface area contributed by atoms with E-state index in [9.17, 15) is 9.90 Å². The Kier molecular flexibility index (Phi) is 1.88. The van der Waals surface area contributed by atoms with Gasteiger partial charge in [-0.05, 0) is 22.2 Å². The van der Waals surface area contributed by atoms with E-state index >= 15 is 0 Å². The largest absolute Gasteiger partial charge is 0.507 e. The second kappa shape index (κ2) is 3.45. The average molecular weight is 246 g/mol. The Morgan fingerprint density at radius 1 is 0.737 bits per heavy atom. The van der Waals surface area contributed by atoms with Gasteiger partial charge in [-0.25, -0.2) is 0 Å². The van der Waals surface area contributed by atoms with Gasteiger partial charge in [-0.1, -0.05) is 48.5 Å². The van der Waals surface area contributed by atoms with Gasteiger partial charge in [0.05, 0.1) is 5.39 Å². The lowest BCUT2D eigenvalue weighted by Gasteiger charge is -2.01. The lowest BCUT2D eigenvalue weighted by atomic mass is 10.0. The number of benzene rings is 2. The molecular formula is C17H10O2. The molecule has 0 saturated carbocycles. The molecule has 0 aromatic heterocycles. The lowest BCUT2D eigenvalue weighted by molar-refractivity contribution is 0.483. The zero-order valence-electron chi connectivity index (χ0n) is 10.1. The van der Waals surface area contributed by atoms with Crippen LogP contribution in [0.5, 0.6) is 5.75 Å². The highest BCUT2D eigenvalue weighted by molar-refractivity contribution is 6.23. The summed E-state index contributed by atoms with van der Waals surface area (Å²) in [4.78, 5) is 12.5. The number of fused-ring (bicyclic) bond motifs is 2. The summed E-state index contributed by atoms with van der Waals surface area (Å²) in [6.07, 6.45) is 0. The second-order valence-corrected chi connectivity index (χ2v) is 4.74. The predicted octanol–water partition coefficient (Wildman–Crippen LogP) is 3.65. The van der Waals surface area contributed by atoms with E-state index in [-0.39, 0.29) is 11.2 Å². The summed E-state index contributed by atoms with van der Waals surface area (Å²) >= 11 is 0. The third kappa shape index (κ3) is 1.23. The van der Waals surface area contributed by atoms with Crippen LogP contribution in [0.2, 0.25) is 0 Å². The molecule has 0 heterocycles. The molecule has 0 aliphatic rings. The summed E-state index contributed by atoms with van der Waals surface area (Å²) in [6.45, 7) is 0. The maximum Gasteiger partial charge on any atom is 0.198 e. The zero-order valence-corrected chi connectivity index (χ0v) is 10.1. The Hall–Kier alpha value is -2.61. The van der Waals surface area contributed by atoms with Crippen LogP contribution in [0, 0.1) is 0 Å². The third-order valence-electron chi connectivity index (χ3n) is 3.70. The summed E-state index contributed by atoms with van der Waals surface area (Å²) in [7, 11) is 0. The van der Waals surface area contributed by atoms with E-state index in [0.29, 0.717) is 10.8 Å². The molecule has 19 heavy (non-hydrogen) atoms. The van der Waals surface area contributed by atoms with Crippen molar-refractivity contribution in [2.45, 2.75) is 0 Å². The quantitative estimate of drug-likeness (QED) is 0.514. The fraction of sp³-hybridized carbons (Fsp3) is 0. The van der Waals surface area contributed by atoms with E-state index in [4.69, 9.17) is 0 Å². The first-order valence-electron chi connectivity index (χ1n) is 6.16. The summed E-state index contributed by atoms with van der Waals surface area (Å²) in [6, 6.07) is 17.0. The van der Waals surface area contributed by atoms with Crippen molar-refractivity contribution >= 4 is 32.3 Å². The minimum Gasteiger partial charge on any atom is -0.507 e. The molecule has 0 atom stereocenters. The van der Waals surface area contributed by atoms with Crippen LogP contribution in [0.1, 0.15) is 0 Å². The Balaban J connectivity index is 2.55. The molecule has 0 amide bonds. The monoisotopic (exact) mass is 246 g/mol. The lowest BCUT2D eigenvalue weighted by Crippen LogP contribution is -2.00. The number of aromatic hydroxyl groups is 1. The SMILES string of the molecule is O=c1c2ccccc2c2ccccc3cc(O)c1c32. The normalized spacial score (nSPS) is 11.6. The molecular weight excluding hydrogens is 236 g/mol. The van der Waals surface area contributed by atoms with Gasteiger partial charge in [0.1, 0.15) is 5.75 Å². The molecule has 2 heteroatoms. The van der Waals surface area contributed by atoms with E-state index in [1.54, 1.807) is 6.07 Å². The van der Waals surface area contributed by atoms with Crippen molar-refractivity contribution in [3.63, 3.8) is 0 Å². The smallest absolute Gasteiger partial charge is 0.198 e. The molecule has 0 spiro atoms. The Bertz CT molecular complexity index is 987. The van der Waals surface area contributed by atoms with Crippen LogP contribution in [0.25, 0.3) is 32.3 Å². The Morgan fingerprint density at radius 3 is 2.16 bits per heavy atom. The molecule has 4 rings (SSSR count). The number of hydrogen-bond acceptors (Lipinski definition) is 2. The molecule has 0 aliphatic heterocycles. The van der Waals surface area contributed by atoms with Crippen molar-refractivity contribution in [1.82, 2.24) is 0 Å². The van der Waals surface area contributed by atoms with Gasteiger partial charge >= 0.3 is 0 Å². The maximum atomic E-state index is 12.5. The minimum absolute atomic E-state index is 0.0713. The molecule has 0 bridgehead atoms. The van der Waals surface area contributed by atoms with Gasteiger partial charge < -0.3 is 5.11 Å². The van der Waals surface area contributed by atoms with Crippen LogP contribution in [0.3, 0.4) is 0 Å². The molecule has 0 radical (unpaired) electrons.